The normalized spacial score (nSPS) is 17.3. The summed E-state index contributed by atoms with van der Waals surface area (Å²) >= 11 is 0. The summed E-state index contributed by atoms with van der Waals surface area (Å²) in [7, 11) is 0. The van der Waals surface area contributed by atoms with Crippen LogP contribution in [0.5, 0.6) is 5.75 Å². The molecule has 1 aliphatic rings. The molecule has 0 heterocycles. The highest BCUT2D eigenvalue weighted by Gasteiger charge is 2.34. The van der Waals surface area contributed by atoms with Gasteiger partial charge in [0.25, 0.3) is 0 Å². The van der Waals surface area contributed by atoms with Crippen molar-refractivity contribution in [2.24, 2.45) is 0 Å². The summed E-state index contributed by atoms with van der Waals surface area (Å²) in [5, 5.41) is 16.1. The van der Waals surface area contributed by atoms with Crippen LogP contribution in [0.3, 0.4) is 0 Å². The Morgan fingerprint density at radius 1 is 1.16 bits per heavy atom. The molecule has 0 aromatic heterocycles. The van der Waals surface area contributed by atoms with E-state index in [-0.39, 0.29) is 0 Å². The summed E-state index contributed by atoms with van der Waals surface area (Å²) in [5.74, 6) is 0.400. The maximum atomic E-state index is 10.1. The summed E-state index contributed by atoms with van der Waals surface area (Å²) < 4.78 is 0. The first-order chi connectivity index (χ1) is 9.24. The molecule has 2 aromatic carbocycles. The van der Waals surface area contributed by atoms with Crippen LogP contribution in [0.2, 0.25) is 0 Å². The number of hydrogen-bond donors (Lipinski definition) is 2. The van der Waals surface area contributed by atoms with Crippen molar-refractivity contribution in [1.82, 2.24) is 5.32 Å². The first-order valence-electron chi connectivity index (χ1n) is 7.19. The molecule has 0 atom stereocenters. The molecule has 1 saturated carbocycles. The van der Waals surface area contributed by atoms with Gasteiger partial charge in [-0.05, 0) is 42.5 Å². The van der Waals surface area contributed by atoms with Crippen molar-refractivity contribution in [3.63, 3.8) is 0 Å². The van der Waals surface area contributed by atoms with Gasteiger partial charge in [-0.2, -0.15) is 0 Å². The Kier molecular flexibility index (Phi) is 3.19. The number of hydrogen-bond acceptors (Lipinski definition) is 2. The molecule has 0 unspecified atom stereocenters. The van der Waals surface area contributed by atoms with Gasteiger partial charge in [-0.25, -0.2) is 0 Å². The second kappa shape index (κ2) is 4.86. The van der Waals surface area contributed by atoms with E-state index in [9.17, 15) is 5.11 Å². The number of benzene rings is 2. The maximum Gasteiger partial charge on any atom is 0.120 e. The first-order valence-corrected chi connectivity index (χ1v) is 7.19. The van der Waals surface area contributed by atoms with Gasteiger partial charge < -0.3 is 10.4 Å². The van der Waals surface area contributed by atoms with Crippen molar-refractivity contribution in [2.45, 2.75) is 44.7 Å². The summed E-state index contributed by atoms with van der Waals surface area (Å²) in [6, 6.07) is 12.0. The van der Waals surface area contributed by atoms with Gasteiger partial charge in [0.1, 0.15) is 5.75 Å². The van der Waals surface area contributed by atoms with E-state index in [0.29, 0.717) is 11.3 Å². The Balaban J connectivity index is 1.89. The fraction of sp³-hybridized carbons (Fsp3) is 0.412. The molecule has 0 aliphatic heterocycles. The largest absolute Gasteiger partial charge is 0.508 e. The Bertz CT molecular complexity index is 581. The van der Waals surface area contributed by atoms with Crippen molar-refractivity contribution < 1.29 is 5.11 Å². The number of nitrogens with one attached hydrogen (secondary N) is 1. The van der Waals surface area contributed by atoms with Gasteiger partial charge in [-0.1, -0.05) is 37.3 Å². The van der Waals surface area contributed by atoms with E-state index in [0.717, 1.165) is 17.5 Å². The maximum absolute atomic E-state index is 10.1. The van der Waals surface area contributed by atoms with Crippen molar-refractivity contribution in [3.8, 4) is 5.75 Å². The van der Waals surface area contributed by atoms with E-state index < -0.39 is 0 Å². The topological polar surface area (TPSA) is 32.3 Å². The number of rotatable bonds is 4. The van der Waals surface area contributed by atoms with Gasteiger partial charge in [0.2, 0.25) is 0 Å². The van der Waals surface area contributed by atoms with Crippen LogP contribution < -0.4 is 5.32 Å². The van der Waals surface area contributed by atoms with Crippen LogP contribution in [0.15, 0.2) is 36.4 Å². The Morgan fingerprint density at radius 3 is 2.63 bits per heavy atom. The number of aromatic hydroxyl groups is 1. The highest BCUT2D eigenvalue weighted by Crippen LogP contribution is 2.36. The smallest absolute Gasteiger partial charge is 0.120 e. The van der Waals surface area contributed by atoms with Crippen molar-refractivity contribution in [1.29, 1.82) is 0 Å². The predicted molar refractivity (Wildman–Crippen MR) is 79.3 cm³/mol. The molecule has 1 aliphatic carbocycles. The van der Waals surface area contributed by atoms with E-state index in [2.05, 4.69) is 24.4 Å². The second-order valence-corrected chi connectivity index (χ2v) is 5.63. The van der Waals surface area contributed by atoms with Crippen molar-refractivity contribution >= 4 is 10.8 Å². The predicted octanol–water partition coefficient (Wildman–Crippen LogP) is 3.97. The van der Waals surface area contributed by atoms with Gasteiger partial charge >= 0.3 is 0 Å². The van der Waals surface area contributed by atoms with E-state index in [4.69, 9.17) is 0 Å². The van der Waals surface area contributed by atoms with Crippen LogP contribution in [0.25, 0.3) is 10.8 Å². The van der Waals surface area contributed by atoms with E-state index in [1.54, 1.807) is 6.07 Å². The molecule has 2 N–H and O–H groups in total. The zero-order chi connectivity index (χ0) is 13.3. The fourth-order valence-electron chi connectivity index (χ4n) is 3.05. The zero-order valence-electron chi connectivity index (χ0n) is 11.4. The summed E-state index contributed by atoms with van der Waals surface area (Å²) in [6.07, 6.45) is 5.00. The van der Waals surface area contributed by atoms with Gasteiger partial charge in [-0.3, -0.25) is 0 Å². The molecular weight excluding hydrogens is 234 g/mol. The van der Waals surface area contributed by atoms with Crippen LogP contribution in [0, 0.1) is 0 Å². The molecule has 0 radical (unpaired) electrons. The van der Waals surface area contributed by atoms with Gasteiger partial charge in [0.15, 0.2) is 0 Å². The molecule has 1 fully saturated rings. The molecule has 2 aromatic rings. The SMILES string of the molecule is CCC1(NCc2c(O)ccc3ccccc23)CCC1. The first kappa shape index (κ1) is 12.5. The van der Waals surface area contributed by atoms with Gasteiger partial charge in [0, 0.05) is 17.6 Å². The Morgan fingerprint density at radius 2 is 1.95 bits per heavy atom. The Labute approximate surface area is 114 Å². The average Bonchev–Trinajstić information content (AvgIpc) is 2.40. The standard InChI is InChI=1S/C17H21NO/c1-2-17(10-5-11-17)18-12-15-14-7-4-3-6-13(14)8-9-16(15)19/h3-4,6-9,18-19H,2,5,10-12H2,1H3. The lowest BCUT2D eigenvalue weighted by molar-refractivity contribution is 0.175. The third-order valence-corrected chi connectivity index (χ3v) is 4.64. The minimum absolute atomic E-state index is 0.309. The summed E-state index contributed by atoms with van der Waals surface area (Å²) in [5.41, 5.74) is 1.33. The van der Waals surface area contributed by atoms with Crippen molar-refractivity contribution in [2.75, 3.05) is 0 Å². The lowest BCUT2D eigenvalue weighted by Crippen LogP contribution is -2.49. The zero-order valence-corrected chi connectivity index (χ0v) is 11.4. The molecule has 0 spiro atoms. The molecule has 0 amide bonds. The summed E-state index contributed by atoms with van der Waals surface area (Å²) in [4.78, 5) is 0. The molecule has 2 nitrogen and oxygen atoms in total. The van der Waals surface area contributed by atoms with Gasteiger partial charge in [-0.15, -0.1) is 0 Å². The molecule has 0 saturated heterocycles. The fourth-order valence-corrected chi connectivity index (χ4v) is 3.05. The van der Waals surface area contributed by atoms with Crippen molar-refractivity contribution in [3.05, 3.63) is 42.0 Å². The monoisotopic (exact) mass is 255 g/mol. The van der Waals surface area contributed by atoms with E-state index in [1.807, 2.05) is 18.2 Å². The molecule has 0 bridgehead atoms. The lowest BCUT2D eigenvalue weighted by atomic mass is 9.74. The van der Waals surface area contributed by atoms with Gasteiger partial charge in [0.05, 0.1) is 0 Å². The summed E-state index contributed by atoms with van der Waals surface area (Å²) in [6.45, 7) is 3.00. The average molecular weight is 255 g/mol. The molecule has 19 heavy (non-hydrogen) atoms. The molecule has 2 heteroatoms. The van der Waals surface area contributed by atoms with Crippen LogP contribution in [0.4, 0.5) is 0 Å². The molecule has 100 valence electrons. The third-order valence-electron chi connectivity index (χ3n) is 4.64. The van der Waals surface area contributed by atoms with Crippen LogP contribution in [-0.4, -0.2) is 10.6 Å². The highest BCUT2D eigenvalue weighted by atomic mass is 16.3. The van der Waals surface area contributed by atoms with E-state index in [1.165, 1.54) is 31.1 Å². The van der Waals surface area contributed by atoms with Crippen LogP contribution in [-0.2, 0) is 6.54 Å². The second-order valence-electron chi connectivity index (χ2n) is 5.63. The quantitative estimate of drug-likeness (QED) is 0.866. The van der Waals surface area contributed by atoms with Crippen LogP contribution in [0.1, 0.15) is 38.2 Å². The van der Waals surface area contributed by atoms with Crippen LogP contribution >= 0.6 is 0 Å². The molecular formula is C17H21NO. The Hall–Kier alpha value is -1.54. The third kappa shape index (κ3) is 2.21. The van der Waals surface area contributed by atoms with E-state index >= 15 is 0 Å². The highest BCUT2D eigenvalue weighted by molar-refractivity contribution is 5.87. The number of fused-ring (bicyclic) bond motifs is 1. The molecule has 3 rings (SSSR count). The number of phenols is 1. The minimum atomic E-state index is 0.309. The minimum Gasteiger partial charge on any atom is -0.508 e. The number of phenolic OH excluding ortho intramolecular Hbond substituents is 1. The lowest BCUT2D eigenvalue weighted by Gasteiger charge is -2.42.